The van der Waals surface area contributed by atoms with Gasteiger partial charge in [0.15, 0.2) is 0 Å². The maximum Gasteiger partial charge on any atom is 0.330 e. The summed E-state index contributed by atoms with van der Waals surface area (Å²) in [6.07, 6.45) is 2.80. The molecule has 128 valence electrons. The zero-order valence-corrected chi connectivity index (χ0v) is 13.8. The molecule has 0 spiro atoms. The summed E-state index contributed by atoms with van der Waals surface area (Å²) < 4.78 is 16.2. The quantitative estimate of drug-likeness (QED) is 0.487. The molecule has 5 nitrogen and oxygen atoms in total. The van der Waals surface area contributed by atoms with Crippen molar-refractivity contribution in [2.24, 2.45) is 5.41 Å². The molecule has 3 atom stereocenters. The number of fused-ring (bicyclic) bond motifs is 3. The van der Waals surface area contributed by atoms with E-state index in [2.05, 4.69) is 0 Å². The summed E-state index contributed by atoms with van der Waals surface area (Å²) in [5.41, 5.74) is -0.495. The number of rotatable bonds is 4. The van der Waals surface area contributed by atoms with Gasteiger partial charge >= 0.3 is 11.9 Å². The zero-order chi connectivity index (χ0) is 17.4. The van der Waals surface area contributed by atoms with E-state index in [0.717, 1.165) is 16.3 Å². The second-order valence-electron chi connectivity index (χ2n) is 6.34. The molecule has 0 unspecified atom stereocenters. The topological polar surface area (TPSA) is 61.8 Å². The van der Waals surface area contributed by atoms with Crippen LogP contribution in [-0.4, -0.2) is 31.3 Å². The van der Waals surface area contributed by atoms with Crippen LogP contribution in [0.1, 0.15) is 12.0 Å². The Kier molecular flexibility index (Phi) is 3.81. The zero-order valence-electron chi connectivity index (χ0n) is 13.8. The number of carbonyl (C=O) groups is 2. The fourth-order valence-corrected chi connectivity index (χ4v) is 3.62. The van der Waals surface area contributed by atoms with Crippen molar-refractivity contribution in [2.75, 3.05) is 7.11 Å². The summed E-state index contributed by atoms with van der Waals surface area (Å²) in [7, 11) is 1.26. The molecule has 5 rings (SSSR count). The third-order valence-electron chi connectivity index (χ3n) is 4.97. The second kappa shape index (κ2) is 6.01. The Labute approximate surface area is 145 Å². The van der Waals surface area contributed by atoms with Crippen molar-refractivity contribution in [1.82, 2.24) is 0 Å². The van der Waals surface area contributed by atoms with Gasteiger partial charge in [-0.2, -0.15) is 0 Å². The molecule has 1 aliphatic carbocycles. The van der Waals surface area contributed by atoms with Crippen LogP contribution in [-0.2, 0) is 30.4 Å². The van der Waals surface area contributed by atoms with Crippen molar-refractivity contribution < 1.29 is 23.8 Å². The first-order valence-corrected chi connectivity index (χ1v) is 8.22. The SMILES string of the molecule is COC(=O)[C@]12C=C[C@H](C[C@@H]1OCc1cccc3ccccc13)OC2=O. The second-order valence-corrected chi connectivity index (χ2v) is 6.34. The summed E-state index contributed by atoms with van der Waals surface area (Å²) in [5.74, 6) is -1.24. The summed E-state index contributed by atoms with van der Waals surface area (Å²) in [6, 6.07) is 14.0. The highest BCUT2D eigenvalue weighted by Crippen LogP contribution is 2.42. The number of hydrogen-bond acceptors (Lipinski definition) is 5. The van der Waals surface area contributed by atoms with E-state index in [1.807, 2.05) is 42.5 Å². The number of benzene rings is 2. The molecule has 2 bridgehead atoms. The summed E-state index contributed by atoms with van der Waals surface area (Å²) >= 11 is 0. The normalized spacial score (nSPS) is 27.3. The van der Waals surface area contributed by atoms with Crippen molar-refractivity contribution in [2.45, 2.75) is 25.2 Å². The molecular formula is C20H18O5. The molecule has 25 heavy (non-hydrogen) atoms. The molecule has 0 N–H and O–H groups in total. The first-order valence-electron chi connectivity index (χ1n) is 8.22. The van der Waals surface area contributed by atoms with Crippen LogP contribution in [0.5, 0.6) is 0 Å². The van der Waals surface area contributed by atoms with E-state index in [-0.39, 0.29) is 6.10 Å². The van der Waals surface area contributed by atoms with Crippen LogP contribution < -0.4 is 0 Å². The lowest BCUT2D eigenvalue weighted by molar-refractivity contribution is -0.196. The summed E-state index contributed by atoms with van der Waals surface area (Å²) in [6.45, 7) is 0.304. The van der Waals surface area contributed by atoms with Gasteiger partial charge in [-0.3, -0.25) is 9.59 Å². The maximum absolute atomic E-state index is 12.4. The smallest absolute Gasteiger partial charge is 0.330 e. The Morgan fingerprint density at radius 3 is 2.84 bits per heavy atom. The van der Waals surface area contributed by atoms with E-state index in [9.17, 15) is 9.59 Å². The van der Waals surface area contributed by atoms with Gasteiger partial charge in [-0.05, 0) is 22.4 Å². The van der Waals surface area contributed by atoms with Gasteiger partial charge in [0.05, 0.1) is 19.8 Å². The molecule has 2 aromatic carbocycles. The van der Waals surface area contributed by atoms with E-state index in [1.54, 1.807) is 12.2 Å². The molecule has 2 heterocycles. The van der Waals surface area contributed by atoms with Crippen LogP contribution in [0.15, 0.2) is 54.6 Å². The van der Waals surface area contributed by atoms with Crippen molar-refractivity contribution in [3.63, 3.8) is 0 Å². The van der Waals surface area contributed by atoms with E-state index in [1.165, 1.54) is 7.11 Å². The third-order valence-corrected chi connectivity index (χ3v) is 4.97. The third kappa shape index (κ3) is 2.43. The van der Waals surface area contributed by atoms with Crippen molar-refractivity contribution in [3.05, 3.63) is 60.2 Å². The highest BCUT2D eigenvalue weighted by molar-refractivity contribution is 6.04. The van der Waals surface area contributed by atoms with Gasteiger partial charge in [0.2, 0.25) is 5.41 Å². The van der Waals surface area contributed by atoms with Gasteiger partial charge < -0.3 is 14.2 Å². The van der Waals surface area contributed by atoms with Gasteiger partial charge in [0, 0.05) is 6.42 Å². The molecule has 3 aliphatic rings. The van der Waals surface area contributed by atoms with Crippen LogP contribution in [0, 0.1) is 5.41 Å². The van der Waals surface area contributed by atoms with E-state index < -0.39 is 23.5 Å². The Hall–Kier alpha value is -2.66. The predicted molar refractivity (Wildman–Crippen MR) is 90.6 cm³/mol. The van der Waals surface area contributed by atoms with Crippen molar-refractivity contribution in [3.8, 4) is 0 Å². The van der Waals surface area contributed by atoms with Gasteiger partial charge in [-0.25, -0.2) is 0 Å². The number of esters is 2. The molecule has 0 radical (unpaired) electrons. The Balaban J connectivity index is 1.63. The fraction of sp³-hybridized carbons (Fsp3) is 0.300. The number of methoxy groups -OCH3 is 1. The molecule has 1 saturated heterocycles. The Bertz CT molecular complexity index is 866. The van der Waals surface area contributed by atoms with Gasteiger partial charge in [-0.1, -0.05) is 48.5 Å². The molecule has 0 aromatic heterocycles. The Morgan fingerprint density at radius 2 is 2.04 bits per heavy atom. The lowest BCUT2D eigenvalue weighted by atomic mass is 9.73. The highest BCUT2D eigenvalue weighted by Gasteiger charge is 2.60. The largest absolute Gasteiger partial charge is 0.468 e. The van der Waals surface area contributed by atoms with Gasteiger partial charge in [0.25, 0.3) is 0 Å². The van der Waals surface area contributed by atoms with E-state index >= 15 is 0 Å². The maximum atomic E-state index is 12.4. The molecule has 0 amide bonds. The monoisotopic (exact) mass is 338 g/mol. The highest BCUT2D eigenvalue weighted by atomic mass is 16.6. The average Bonchev–Trinajstić information content (AvgIpc) is 2.66. The fourth-order valence-electron chi connectivity index (χ4n) is 3.62. The lowest BCUT2D eigenvalue weighted by Gasteiger charge is -2.43. The number of carbonyl (C=O) groups excluding carboxylic acids is 2. The molecule has 2 aromatic rings. The molecule has 1 fully saturated rings. The van der Waals surface area contributed by atoms with Crippen molar-refractivity contribution in [1.29, 1.82) is 0 Å². The van der Waals surface area contributed by atoms with Crippen LogP contribution in [0.3, 0.4) is 0 Å². The average molecular weight is 338 g/mol. The standard InChI is InChI=1S/C20H18O5/c1-23-18(21)20-10-9-15(25-19(20)22)11-17(20)24-12-14-7-4-6-13-5-2-3-8-16(13)14/h2-10,15,17H,11-12H2,1H3/t15-,17+,20+/m1/s1. The van der Waals surface area contributed by atoms with E-state index in [4.69, 9.17) is 14.2 Å². The first kappa shape index (κ1) is 15.8. The number of ether oxygens (including phenoxy) is 3. The van der Waals surface area contributed by atoms with Crippen molar-refractivity contribution >= 4 is 22.7 Å². The minimum Gasteiger partial charge on any atom is -0.468 e. The summed E-state index contributed by atoms with van der Waals surface area (Å²) in [5, 5.41) is 2.21. The van der Waals surface area contributed by atoms with Crippen LogP contribution in [0.4, 0.5) is 0 Å². The molecule has 2 aliphatic heterocycles. The number of hydrogen-bond donors (Lipinski definition) is 0. The molecule has 0 saturated carbocycles. The van der Waals surface area contributed by atoms with Crippen LogP contribution >= 0.6 is 0 Å². The van der Waals surface area contributed by atoms with E-state index in [0.29, 0.717) is 13.0 Å². The first-order chi connectivity index (χ1) is 12.1. The van der Waals surface area contributed by atoms with Crippen LogP contribution in [0.2, 0.25) is 0 Å². The van der Waals surface area contributed by atoms with Gasteiger partial charge in [-0.15, -0.1) is 0 Å². The minimum absolute atomic E-state index is 0.304. The Morgan fingerprint density at radius 1 is 1.24 bits per heavy atom. The van der Waals surface area contributed by atoms with Crippen LogP contribution in [0.25, 0.3) is 10.8 Å². The molecular weight excluding hydrogens is 320 g/mol. The summed E-state index contributed by atoms with van der Waals surface area (Å²) in [4.78, 5) is 24.7. The predicted octanol–water partition coefficient (Wildman–Crippen LogP) is 2.77. The van der Waals surface area contributed by atoms with Gasteiger partial charge in [0.1, 0.15) is 6.10 Å². The molecule has 5 heteroatoms. The lowest BCUT2D eigenvalue weighted by Crippen LogP contribution is -2.58. The minimum atomic E-state index is -1.51.